The fourth-order valence-electron chi connectivity index (χ4n) is 3.41. The number of hydrogen-bond acceptors (Lipinski definition) is 5. The zero-order chi connectivity index (χ0) is 18.5. The first-order chi connectivity index (χ1) is 13.3. The Balaban J connectivity index is 1.33. The highest BCUT2D eigenvalue weighted by Gasteiger charge is 2.12. The first kappa shape index (κ1) is 18.1. The monoisotopic (exact) mass is 383 g/mol. The van der Waals surface area contributed by atoms with Gasteiger partial charge in [0.05, 0.1) is 13.7 Å². The molecule has 0 aliphatic carbocycles. The van der Waals surface area contributed by atoms with Crippen LogP contribution in [0.25, 0.3) is 10.1 Å². The molecule has 1 saturated heterocycles. The van der Waals surface area contributed by atoms with Gasteiger partial charge in [-0.25, -0.2) is 0 Å². The fourth-order valence-corrected chi connectivity index (χ4v) is 4.30. The van der Waals surface area contributed by atoms with Crippen molar-refractivity contribution in [3.8, 4) is 23.0 Å². The minimum atomic E-state index is 0.604. The minimum Gasteiger partial charge on any atom is -0.497 e. The van der Waals surface area contributed by atoms with Crippen molar-refractivity contribution in [2.75, 3.05) is 20.3 Å². The molecule has 1 fully saturated rings. The molecule has 0 amide bonds. The topological polar surface area (TPSA) is 39.7 Å². The summed E-state index contributed by atoms with van der Waals surface area (Å²) in [6, 6.07) is 14.5. The predicted octanol–water partition coefficient (Wildman–Crippen LogP) is 5.61. The molecule has 1 aliphatic rings. The lowest BCUT2D eigenvalue weighted by Gasteiger charge is -2.23. The third-order valence-corrected chi connectivity index (χ3v) is 5.87. The smallest absolute Gasteiger partial charge is 0.145 e. The number of fused-ring (bicyclic) bond motifs is 1. The molecule has 0 saturated carbocycles. The van der Waals surface area contributed by atoms with Gasteiger partial charge in [-0.05, 0) is 68.3 Å². The second-order valence-electron chi connectivity index (χ2n) is 6.82. The molecule has 1 unspecified atom stereocenters. The zero-order valence-corrected chi connectivity index (χ0v) is 16.4. The first-order valence-corrected chi connectivity index (χ1v) is 10.4. The number of methoxy groups -OCH3 is 1. The summed E-state index contributed by atoms with van der Waals surface area (Å²) in [7, 11) is 1.68. The van der Waals surface area contributed by atoms with E-state index in [0.717, 1.165) is 52.7 Å². The summed E-state index contributed by atoms with van der Waals surface area (Å²) in [4.78, 5) is 0. The van der Waals surface area contributed by atoms with Crippen molar-refractivity contribution >= 4 is 21.4 Å². The van der Waals surface area contributed by atoms with E-state index in [1.807, 2.05) is 47.8 Å². The third-order valence-electron chi connectivity index (χ3n) is 4.95. The molecule has 1 atom stereocenters. The molecule has 0 radical (unpaired) electrons. The van der Waals surface area contributed by atoms with Crippen LogP contribution in [-0.4, -0.2) is 26.3 Å². The van der Waals surface area contributed by atoms with Gasteiger partial charge in [0, 0.05) is 21.5 Å². The van der Waals surface area contributed by atoms with E-state index in [0.29, 0.717) is 6.04 Å². The molecule has 4 rings (SSSR count). The van der Waals surface area contributed by atoms with E-state index >= 15 is 0 Å². The van der Waals surface area contributed by atoms with Crippen molar-refractivity contribution in [1.82, 2.24) is 5.32 Å². The maximum atomic E-state index is 6.06. The van der Waals surface area contributed by atoms with E-state index in [9.17, 15) is 0 Å². The number of rotatable bonds is 7. The third kappa shape index (κ3) is 4.54. The Hall–Kier alpha value is -2.24. The van der Waals surface area contributed by atoms with Gasteiger partial charge in [0.15, 0.2) is 0 Å². The summed E-state index contributed by atoms with van der Waals surface area (Å²) in [6.45, 7) is 1.88. The molecule has 2 aromatic carbocycles. The molecule has 1 aliphatic heterocycles. The maximum absolute atomic E-state index is 6.06. The Labute approximate surface area is 164 Å². The maximum Gasteiger partial charge on any atom is 0.145 e. The lowest BCUT2D eigenvalue weighted by molar-refractivity contribution is 0.268. The van der Waals surface area contributed by atoms with E-state index in [-0.39, 0.29) is 0 Å². The van der Waals surface area contributed by atoms with Crippen molar-refractivity contribution in [2.45, 2.75) is 31.7 Å². The number of ether oxygens (including phenoxy) is 3. The van der Waals surface area contributed by atoms with E-state index < -0.39 is 0 Å². The SMILES string of the molecule is COc1ccc2c(Oc3ccc(OCCC4CCCCN4)cc3)csc2c1. The number of hydrogen-bond donors (Lipinski definition) is 1. The second kappa shape index (κ2) is 8.63. The van der Waals surface area contributed by atoms with Gasteiger partial charge in [0.25, 0.3) is 0 Å². The van der Waals surface area contributed by atoms with Crippen molar-refractivity contribution in [3.05, 3.63) is 47.8 Å². The molecule has 1 N–H and O–H groups in total. The Morgan fingerprint density at radius 3 is 2.63 bits per heavy atom. The van der Waals surface area contributed by atoms with Gasteiger partial charge in [-0.15, -0.1) is 11.3 Å². The average Bonchev–Trinajstić information content (AvgIpc) is 3.12. The van der Waals surface area contributed by atoms with Crippen molar-refractivity contribution in [3.63, 3.8) is 0 Å². The molecule has 1 aromatic heterocycles. The standard InChI is InChI=1S/C22H25NO3S/c1-24-19-9-10-20-21(15-27-22(20)14-19)26-18-7-5-17(6-8-18)25-13-11-16-4-2-3-12-23-16/h5-10,14-16,23H,2-4,11-13H2,1H3. The van der Waals surface area contributed by atoms with Crippen molar-refractivity contribution < 1.29 is 14.2 Å². The van der Waals surface area contributed by atoms with Crippen LogP contribution in [0.4, 0.5) is 0 Å². The van der Waals surface area contributed by atoms with Crippen LogP contribution >= 0.6 is 11.3 Å². The molecular weight excluding hydrogens is 358 g/mol. The van der Waals surface area contributed by atoms with Crippen LogP contribution in [-0.2, 0) is 0 Å². The fraction of sp³-hybridized carbons (Fsp3) is 0.364. The number of piperidine rings is 1. The molecule has 5 heteroatoms. The predicted molar refractivity (Wildman–Crippen MR) is 111 cm³/mol. The Bertz CT molecular complexity index is 869. The lowest BCUT2D eigenvalue weighted by atomic mass is 10.0. The zero-order valence-electron chi connectivity index (χ0n) is 15.6. The first-order valence-electron chi connectivity index (χ1n) is 9.51. The van der Waals surface area contributed by atoms with Gasteiger partial charge in [0.1, 0.15) is 23.0 Å². The minimum absolute atomic E-state index is 0.604. The summed E-state index contributed by atoms with van der Waals surface area (Å²) < 4.78 is 18.4. The van der Waals surface area contributed by atoms with Crippen LogP contribution < -0.4 is 19.5 Å². The van der Waals surface area contributed by atoms with Gasteiger partial charge < -0.3 is 19.5 Å². The quantitative estimate of drug-likeness (QED) is 0.575. The van der Waals surface area contributed by atoms with E-state index in [2.05, 4.69) is 5.32 Å². The molecular formula is C22H25NO3S. The highest BCUT2D eigenvalue weighted by molar-refractivity contribution is 7.17. The largest absolute Gasteiger partial charge is 0.497 e. The van der Waals surface area contributed by atoms with E-state index in [1.54, 1.807) is 18.4 Å². The molecule has 142 valence electrons. The summed E-state index contributed by atoms with van der Waals surface area (Å²) in [5.74, 6) is 3.43. The Kier molecular flexibility index (Phi) is 5.80. The van der Waals surface area contributed by atoms with Gasteiger partial charge in [0.2, 0.25) is 0 Å². The summed E-state index contributed by atoms with van der Waals surface area (Å²) in [5, 5.41) is 6.69. The van der Waals surface area contributed by atoms with Crippen molar-refractivity contribution in [1.29, 1.82) is 0 Å². The van der Waals surface area contributed by atoms with Crippen molar-refractivity contribution in [2.24, 2.45) is 0 Å². The lowest BCUT2D eigenvalue weighted by Crippen LogP contribution is -2.35. The van der Waals surface area contributed by atoms with Gasteiger partial charge >= 0.3 is 0 Å². The second-order valence-corrected chi connectivity index (χ2v) is 7.73. The highest BCUT2D eigenvalue weighted by Crippen LogP contribution is 2.37. The summed E-state index contributed by atoms with van der Waals surface area (Å²) in [6.07, 6.45) is 4.94. The van der Waals surface area contributed by atoms with E-state index in [4.69, 9.17) is 14.2 Å². The Morgan fingerprint density at radius 2 is 1.85 bits per heavy atom. The summed E-state index contributed by atoms with van der Waals surface area (Å²) >= 11 is 1.65. The van der Waals surface area contributed by atoms with E-state index in [1.165, 1.54) is 19.3 Å². The molecule has 4 nitrogen and oxygen atoms in total. The highest BCUT2D eigenvalue weighted by atomic mass is 32.1. The van der Waals surface area contributed by atoms with Crippen LogP contribution in [0.3, 0.4) is 0 Å². The molecule has 2 heterocycles. The van der Waals surface area contributed by atoms with Gasteiger partial charge in [-0.2, -0.15) is 0 Å². The summed E-state index contributed by atoms with van der Waals surface area (Å²) in [5.41, 5.74) is 0. The van der Waals surface area contributed by atoms with Gasteiger partial charge in [-0.1, -0.05) is 6.42 Å². The number of thiophene rings is 1. The number of benzene rings is 2. The molecule has 0 spiro atoms. The Morgan fingerprint density at radius 1 is 1.04 bits per heavy atom. The normalized spacial score (nSPS) is 17.0. The molecule has 27 heavy (non-hydrogen) atoms. The van der Waals surface area contributed by atoms with Crippen LogP contribution in [0, 0.1) is 0 Å². The van der Waals surface area contributed by atoms with Crippen LogP contribution in [0.15, 0.2) is 47.8 Å². The van der Waals surface area contributed by atoms with Crippen LogP contribution in [0.5, 0.6) is 23.0 Å². The van der Waals surface area contributed by atoms with Crippen LogP contribution in [0.1, 0.15) is 25.7 Å². The average molecular weight is 384 g/mol. The number of nitrogens with one attached hydrogen (secondary N) is 1. The van der Waals surface area contributed by atoms with Crippen LogP contribution in [0.2, 0.25) is 0 Å². The molecule has 3 aromatic rings. The van der Waals surface area contributed by atoms with Gasteiger partial charge in [-0.3, -0.25) is 0 Å². The molecule has 0 bridgehead atoms.